The summed E-state index contributed by atoms with van der Waals surface area (Å²) in [5.74, 6) is -0.874. The van der Waals surface area contributed by atoms with E-state index in [9.17, 15) is 9.59 Å². The number of hydrogen-bond acceptors (Lipinski definition) is 4. The monoisotopic (exact) mass is 278 g/mol. The molecule has 2 rings (SSSR count). The minimum absolute atomic E-state index is 0.0419. The molecule has 0 saturated carbocycles. The maximum absolute atomic E-state index is 12.1. The van der Waals surface area contributed by atoms with Crippen molar-refractivity contribution in [2.75, 3.05) is 13.1 Å². The van der Waals surface area contributed by atoms with Crippen LogP contribution in [0.5, 0.6) is 0 Å². The van der Waals surface area contributed by atoms with Crippen molar-refractivity contribution in [3.8, 4) is 0 Å². The van der Waals surface area contributed by atoms with Gasteiger partial charge in [-0.15, -0.1) is 5.10 Å². The van der Waals surface area contributed by atoms with Crippen LogP contribution < -0.4 is 5.69 Å². The predicted octanol–water partition coefficient (Wildman–Crippen LogP) is 0.291. The summed E-state index contributed by atoms with van der Waals surface area (Å²) in [7, 11) is 0. The van der Waals surface area contributed by atoms with Crippen LogP contribution in [-0.2, 0) is 11.3 Å². The second-order valence-corrected chi connectivity index (χ2v) is 4.89. The molecule has 1 N–H and O–H groups in total. The number of hydrogen-bond donors (Lipinski definition) is 1. The Labute approximate surface area is 116 Å². The highest BCUT2D eigenvalue weighted by Crippen LogP contribution is 1.99. The van der Waals surface area contributed by atoms with Gasteiger partial charge in [0.1, 0.15) is 0 Å². The van der Waals surface area contributed by atoms with Crippen molar-refractivity contribution in [1.29, 1.82) is 0 Å². The van der Waals surface area contributed by atoms with Crippen LogP contribution in [0.3, 0.4) is 0 Å². The minimum atomic E-state index is -0.874. The molecule has 0 aromatic carbocycles. The molecule has 7 heteroatoms. The second kappa shape index (κ2) is 5.87. The van der Waals surface area contributed by atoms with Gasteiger partial charge in [0, 0.05) is 18.8 Å². The number of fused-ring (bicyclic) bond motifs is 1. The Hall–Kier alpha value is -2.15. The van der Waals surface area contributed by atoms with E-state index >= 15 is 0 Å². The quantitative estimate of drug-likeness (QED) is 0.821. The highest BCUT2D eigenvalue weighted by atomic mass is 16.4. The van der Waals surface area contributed by atoms with E-state index in [4.69, 9.17) is 5.11 Å². The van der Waals surface area contributed by atoms with Gasteiger partial charge in [0.05, 0.1) is 13.1 Å². The molecule has 0 amide bonds. The summed E-state index contributed by atoms with van der Waals surface area (Å²) in [6.07, 6.45) is 1.67. The zero-order chi connectivity index (χ0) is 14.7. The first-order valence-corrected chi connectivity index (χ1v) is 6.49. The molecule has 0 aliphatic rings. The van der Waals surface area contributed by atoms with Crippen LogP contribution in [0, 0.1) is 0 Å². The Kier molecular flexibility index (Phi) is 4.19. The van der Waals surface area contributed by atoms with Crippen molar-refractivity contribution >= 4 is 11.6 Å². The molecule has 0 spiro atoms. The summed E-state index contributed by atoms with van der Waals surface area (Å²) in [6.45, 7) is 4.64. The normalized spacial score (nSPS) is 11.6. The number of rotatable bonds is 6. The smallest absolute Gasteiger partial charge is 0.350 e. The van der Waals surface area contributed by atoms with Crippen molar-refractivity contribution < 1.29 is 9.90 Å². The van der Waals surface area contributed by atoms with E-state index in [0.717, 1.165) is 0 Å². The van der Waals surface area contributed by atoms with E-state index in [0.29, 0.717) is 18.7 Å². The van der Waals surface area contributed by atoms with Gasteiger partial charge in [-0.05, 0) is 26.0 Å². The number of aromatic nitrogens is 3. The molecule has 20 heavy (non-hydrogen) atoms. The summed E-state index contributed by atoms with van der Waals surface area (Å²) < 4.78 is 2.84. The molecule has 0 bridgehead atoms. The topological polar surface area (TPSA) is 79.8 Å². The zero-order valence-corrected chi connectivity index (χ0v) is 11.6. The fourth-order valence-corrected chi connectivity index (χ4v) is 2.03. The summed E-state index contributed by atoms with van der Waals surface area (Å²) in [6, 6.07) is 5.44. The first kappa shape index (κ1) is 14.3. The molecule has 2 aromatic heterocycles. The highest BCUT2D eigenvalue weighted by molar-refractivity contribution is 5.69. The Bertz CT molecular complexity index is 659. The SMILES string of the molecule is CC(C)N(CCn1nc2ccccn2c1=O)CC(=O)O. The van der Waals surface area contributed by atoms with Gasteiger partial charge >= 0.3 is 11.7 Å². The van der Waals surface area contributed by atoms with Crippen molar-refractivity contribution in [2.45, 2.75) is 26.4 Å². The van der Waals surface area contributed by atoms with Crippen LogP contribution in [-0.4, -0.2) is 49.3 Å². The average Bonchev–Trinajstić information content (AvgIpc) is 2.71. The van der Waals surface area contributed by atoms with Crippen LogP contribution >= 0.6 is 0 Å². The first-order valence-electron chi connectivity index (χ1n) is 6.49. The summed E-state index contributed by atoms with van der Waals surface area (Å²) in [5.41, 5.74) is 0.381. The molecule has 0 aliphatic carbocycles. The number of nitrogens with zero attached hydrogens (tertiary/aromatic N) is 4. The van der Waals surface area contributed by atoms with Gasteiger partial charge in [-0.1, -0.05) is 6.07 Å². The first-order chi connectivity index (χ1) is 9.49. The molecule has 108 valence electrons. The van der Waals surface area contributed by atoms with Crippen molar-refractivity contribution in [3.05, 3.63) is 34.9 Å². The highest BCUT2D eigenvalue weighted by Gasteiger charge is 2.14. The fourth-order valence-electron chi connectivity index (χ4n) is 2.03. The van der Waals surface area contributed by atoms with Gasteiger partial charge in [0.15, 0.2) is 5.65 Å². The Morgan fingerprint density at radius 1 is 1.45 bits per heavy atom. The molecule has 0 aliphatic heterocycles. The van der Waals surface area contributed by atoms with Gasteiger partial charge < -0.3 is 5.11 Å². The van der Waals surface area contributed by atoms with Crippen LogP contribution in [0.4, 0.5) is 0 Å². The number of pyridine rings is 1. The van der Waals surface area contributed by atoms with Crippen molar-refractivity contribution in [1.82, 2.24) is 19.1 Å². The Balaban J connectivity index is 2.13. The zero-order valence-electron chi connectivity index (χ0n) is 11.6. The molecule has 7 nitrogen and oxygen atoms in total. The molecule has 2 heterocycles. The second-order valence-electron chi connectivity index (χ2n) is 4.89. The average molecular weight is 278 g/mol. The molecule has 2 aromatic rings. The fraction of sp³-hybridized carbons (Fsp3) is 0.462. The van der Waals surface area contributed by atoms with E-state index in [1.807, 2.05) is 19.9 Å². The van der Waals surface area contributed by atoms with E-state index in [2.05, 4.69) is 5.10 Å². The lowest BCUT2D eigenvalue weighted by molar-refractivity contribution is -0.138. The lowest BCUT2D eigenvalue weighted by Gasteiger charge is -2.23. The maximum atomic E-state index is 12.1. The lowest BCUT2D eigenvalue weighted by atomic mass is 10.3. The molecule has 0 saturated heterocycles. The van der Waals surface area contributed by atoms with Gasteiger partial charge in [-0.3, -0.25) is 14.1 Å². The van der Waals surface area contributed by atoms with Crippen LogP contribution in [0.2, 0.25) is 0 Å². The van der Waals surface area contributed by atoms with Gasteiger partial charge in [0.2, 0.25) is 0 Å². The molecule has 0 unspecified atom stereocenters. The Morgan fingerprint density at radius 3 is 2.80 bits per heavy atom. The lowest BCUT2D eigenvalue weighted by Crippen LogP contribution is -2.39. The standard InChI is InChI=1S/C13H18N4O3/c1-10(2)15(9-12(18)19)7-8-17-13(20)16-6-4-3-5-11(16)14-17/h3-6,10H,7-9H2,1-2H3,(H,18,19). The van der Waals surface area contributed by atoms with E-state index < -0.39 is 5.97 Å². The van der Waals surface area contributed by atoms with Crippen molar-refractivity contribution in [2.24, 2.45) is 0 Å². The summed E-state index contributed by atoms with van der Waals surface area (Å²) in [5, 5.41) is 13.1. The van der Waals surface area contributed by atoms with Crippen LogP contribution in [0.15, 0.2) is 29.2 Å². The van der Waals surface area contributed by atoms with Crippen LogP contribution in [0.25, 0.3) is 5.65 Å². The van der Waals surface area contributed by atoms with Gasteiger partial charge in [-0.25, -0.2) is 9.48 Å². The molecule has 0 radical (unpaired) electrons. The van der Waals surface area contributed by atoms with Crippen LogP contribution in [0.1, 0.15) is 13.8 Å². The van der Waals surface area contributed by atoms with E-state index in [-0.39, 0.29) is 18.3 Å². The summed E-state index contributed by atoms with van der Waals surface area (Å²) in [4.78, 5) is 24.7. The third-order valence-corrected chi connectivity index (χ3v) is 3.16. The number of carboxylic acids is 1. The molecular weight excluding hydrogens is 260 g/mol. The maximum Gasteiger partial charge on any atom is 0.350 e. The summed E-state index contributed by atoms with van der Waals surface area (Å²) >= 11 is 0. The molecule has 0 atom stereocenters. The van der Waals surface area contributed by atoms with Crippen molar-refractivity contribution in [3.63, 3.8) is 0 Å². The molecular formula is C13H18N4O3. The van der Waals surface area contributed by atoms with Gasteiger partial charge in [-0.2, -0.15) is 0 Å². The minimum Gasteiger partial charge on any atom is -0.480 e. The predicted molar refractivity (Wildman–Crippen MR) is 73.8 cm³/mol. The third-order valence-electron chi connectivity index (χ3n) is 3.16. The third kappa shape index (κ3) is 3.05. The van der Waals surface area contributed by atoms with E-state index in [1.165, 1.54) is 9.08 Å². The number of aliphatic carboxylic acids is 1. The largest absolute Gasteiger partial charge is 0.480 e. The Morgan fingerprint density at radius 2 is 2.20 bits per heavy atom. The number of carbonyl (C=O) groups is 1. The number of carboxylic acid groups (broad SMARTS) is 1. The molecule has 0 fully saturated rings. The van der Waals surface area contributed by atoms with Gasteiger partial charge in [0.25, 0.3) is 0 Å². The van der Waals surface area contributed by atoms with E-state index in [1.54, 1.807) is 23.2 Å².